The van der Waals surface area contributed by atoms with Crippen LogP contribution in [-0.4, -0.2) is 21.1 Å². The number of rotatable bonds is 7. The van der Waals surface area contributed by atoms with Crippen molar-refractivity contribution < 1.29 is 4.79 Å². The lowest BCUT2D eigenvalue weighted by Gasteiger charge is -2.07. The van der Waals surface area contributed by atoms with Crippen molar-refractivity contribution in [2.24, 2.45) is 0 Å². The van der Waals surface area contributed by atoms with Crippen molar-refractivity contribution >= 4 is 45.6 Å². The quantitative estimate of drug-likeness (QED) is 0.391. The molecule has 0 saturated heterocycles. The largest absolute Gasteiger partial charge is 0.319 e. The molecule has 0 radical (unpaired) electrons. The predicted molar refractivity (Wildman–Crippen MR) is 106 cm³/mol. The number of carbonyl (C=O) groups excluding carboxylic acids is 1. The first kappa shape index (κ1) is 18.7. The van der Waals surface area contributed by atoms with Gasteiger partial charge in [0.1, 0.15) is 0 Å². The summed E-state index contributed by atoms with van der Waals surface area (Å²) in [6.45, 7) is 3.13. The third kappa shape index (κ3) is 4.28. The van der Waals surface area contributed by atoms with Crippen LogP contribution >= 0.6 is 28.7 Å². The van der Waals surface area contributed by atoms with Gasteiger partial charge in [-0.1, -0.05) is 67.6 Å². The minimum absolute atomic E-state index is 0. The zero-order valence-corrected chi connectivity index (χ0v) is 16.2. The number of thioether (sulfide) groups is 1. The van der Waals surface area contributed by atoms with Crippen molar-refractivity contribution in [1.29, 1.82) is 0 Å². The molecule has 0 spiro atoms. The average Bonchev–Trinajstić information content (AvgIpc) is 2.96. The molecule has 1 aromatic heterocycles. The summed E-state index contributed by atoms with van der Waals surface area (Å²) in [6.07, 6.45) is 2.25. The fourth-order valence-corrected chi connectivity index (χ4v) is 3.47. The molecule has 0 aliphatic rings. The Labute approximate surface area is 157 Å². The van der Waals surface area contributed by atoms with Crippen LogP contribution in [0.2, 0.25) is 0 Å². The van der Waals surface area contributed by atoms with Crippen molar-refractivity contribution in [3.63, 3.8) is 0 Å². The third-order valence-electron chi connectivity index (χ3n) is 3.78. The maximum absolute atomic E-state index is 12.3. The molecule has 0 amide bonds. The van der Waals surface area contributed by atoms with Crippen LogP contribution in [-0.2, 0) is 6.54 Å². The normalized spacial score (nSPS) is 10.5. The third-order valence-corrected chi connectivity index (χ3v) is 4.76. The smallest absolute Gasteiger partial charge is 0.173 e. The number of para-hydroxylation sites is 2. The van der Waals surface area contributed by atoms with Crippen molar-refractivity contribution in [3.8, 4) is 0 Å². The maximum atomic E-state index is 12.3. The molecule has 0 fully saturated rings. The molecule has 0 aliphatic heterocycles. The lowest BCUT2D eigenvalue weighted by Crippen LogP contribution is -2.05. The maximum Gasteiger partial charge on any atom is 0.173 e. The van der Waals surface area contributed by atoms with Gasteiger partial charge in [0.25, 0.3) is 0 Å². The molecular weight excluding hydrogens is 384 g/mol. The van der Waals surface area contributed by atoms with Gasteiger partial charge in [0.05, 0.1) is 16.8 Å². The van der Waals surface area contributed by atoms with E-state index in [1.54, 1.807) is 0 Å². The number of aryl methyl sites for hydroxylation is 1. The average molecular weight is 405 g/mol. The summed E-state index contributed by atoms with van der Waals surface area (Å²) < 4.78 is 2.24. The molecule has 0 saturated carbocycles. The van der Waals surface area contributed by atoms with Gasteiger partial charge in [-0.3, -0.25) is 4.79 Å². The van der Waals surface area contributed by atoms with E-state index in [1.165, 1.54) is 11.8 Å². The molecule has 0 N–H and O–H groups in total. The Morgan fingerprint density at radius 2 is 1.79 bits per heavy atom. The second kappa shape index (κ2) is 9.04. The number of benzene rings is 2. The number of hydrogen-bond donors (Lipinski definition) is 0. The summed E-state index contributed by atoms with van der Waals surface area (Å²) in [5.74, 6) is 0.559. The molecule has 0 atom stereocenters. The highest BCUT2D eigenvalue weighted by atomic mass is 79.9. The zero-order chi connectivity index (χ0) is 16.1. The van der Waals surface area contributed by atoms with E-state index in [2.05, 4.69) is 17.6 Å². The molecule has 2 aromatic carbocycles. The number of carbonyl (C=O) groups is 1. The number of Topliss-reactive ketones (excluding diaryl/α,β-unsaturated/α-hetero) is 1. The van der Waals surface area contributed by atoms with Gasteiger partial charge in [-0.15, -0.1) is 17.0 Å². The summed E-state index contributed by atoms with van der Waals surface area (Å²) in [7, 11) is 0. The van der Waals surface area contributed by atoms with Gasteiger partial charge in [-0.25, -0.2) is 4.98 Å². The van der Waals surface area contributed by atoms with Crippen molar-refractivity contribution in [2.75, 3.05) is 5.75 Å². The van der Waals surface area contributed by atoms with E-state index in [1.807, 2.05) is 48.5 Å². The number of nitrogens with zero attached hydrogens (tertiary/aromatic N) is 2. The first-order valence-electron chi connectivity index (χ1n) is 7.96. The standard InChI is InChI=1S/C19H20N2OS.BrH/c1-2-3-13-21-17-12-8-7-11-16(17)20-19(21)23-14-18(22)15-9-5-4-6-10-15;/h4-12H,2-3,13-14H2,1H3;1H. The fourth-order valence-electron chi connectivity index (χ4n) is 2.53. The summed E-state index contributed by atoms with van der Waals surface area (Å²) in [5.41, 5.74) is 2.91. The highest BCUT2D eigenvalue weighted by Crippen LogP contribution is 2.25. The van der Waals surface area contributed by atoms with E-state index < -0.39 is 0 Å². The molecule has 0 bridgehead atoms. The number of unbranched alkanes of at least 4 members (excludes halogenated alkanes) is 1. The predicted octanol–water partition coefficient (Wildman–Crippen LogP) is 5.39. The van der Waals surface area contributed by atoms with E-state index in [0.29, 0.717) is 5.75 Å². The number of fused-ring (bicyclic) bond motifs is 1. The SMILES string of the molecule is Br.CCCCn1c(SCC(=O)c2ccccc2)nc2ccccc21. The Morgan fingerprint density at radius 3 is 2.54 bits per heavy atom. The number of hydrogen-bond acceptors (Lipinski definition) is 3. The van der Waals surface area contributed by atoms with E-state index in [-0.39, 0.29) is 22.8 Å². The van der Waals surface area contributed by atoms with Crippen molar-refractivity contribution in [1.82, 2.24) is 9.55 Å². The van der Waals surface area contributed by atoms with Gasteiger partial charge in [0.15, 0.2) is 10.9 Å². The Kier molecular flexibility index (Phi) is 7.06. The minimum atomic E-state index is 0. The Balaban J connectivity index is 0.00000208. The van der Waals surface area contributed by atoms with E-state index in [9.17, 15) is 4.79 Å². The lowest BCUT2D eigenvalue weighted by atomic mass is 10.2. The highest BCUT2D eigenvalue weighted by molar-refractivity contribution is 8.93. The van der Waals surface area contributed by atoms with Crippen LogP contribution in [0.4, 0.5) is 0 Å². The second-order valence-electron chi connectivity index (χ2n) is 5.47. The van der Waals surface area contributed by atoms with Gasteiger partial charge in [-0.05, 0) is 18.6 Å². The van der Waals surface area contributed by atoms with Crippen LogP contribution < -0.4 is 0 Å². The molecule has 3 rings (SSSR count). The van der Waals surface area contributed by atoms with Gasteiger partial charge < -0.3 is 4.57 Å². The molecule has 5 heteroatoms. The molecule has 126 valence electrons. The first-order valence-corrected chi connectivity index (χ1v) is 8.94. The number of halogens is 1. The number of ketones is 1. The molecule has 1 heterocycles. The Bertz CT molecular complexity index is 801. The summed E-state index contributed by atoms with van der Waals surface area (Å²) in [4.78, 5) is 17.0. The highest BCUT2D eigenvalue weighted by Gasteiger charge is 2.13. The van der Waals surface area contributed by atoms with Crippen LogP contribution in [0.1, 0.15) is 30.1 Å². The summed E-state index contributed by atoms with van der Waals surface area (Å²) >= 11 is 1.53. The number of aromatic nitrogens is 2. The topological polar surface area (TPSA) is 34.9 Å². The van der Waals surface area contributed by atoms with Crippen LogP contribution in [0, 0.1) is 0 Å². The van der Waals surface area contributed by atoms with Crippen LogP contribution in [0.15, 0.2) is 59.8 Å². The van der Waals surface area contributed by atoms with Crippen molar-refractivity contribution in [2.45, 2.75) is 31.5 Å². The second-order valence-corrected chi connectivity index (χ2v) is 6.41. The minimum Gasteiger partial charge on any atom is -0.319 e. The van der Waals surface area contributed by atoms with Gasteiger partial charge in [0, 0.05) is 12.1 Å². The number of imidazole rings is 1. The van der Waals surface area contributed by atoms with E-state index in [0.717, 1.165) is 41.1 Å². The van der Waals surface area contributed by atoms with Gasteiger partial charge in [-0.2, -0.15) is 0 Å². The Morgan fingerprint density at radius 1 is 1.08 bits per heavy atom. The first-order chi connectivity index (χ1) is 11.3. The summed E-state index contributed by atoms with van der Waals surface area (Å²) in [5, 5.41) is 0.934. The molecule has 24 heavy (non-hydrogen) atoms. The molecular formula is C19H21BrN2OS. The van der Waals surface area contributed by atoms with Crippen molar-refractivity contribution in [3.05, 3.63) is 60.2 Å². The molecule has 0 unspecified atom stereocenters. The van der Waals surface area contributed by atoms with Gasteiger partial charge in [0.2, 0.25) is 0 Å². The molecule has 3 nitrogen and oxygen atoms in total. The monoisotopic (exact) mass is 404 g/mol. The van der Waals surface area contributed by atoms with Crippen LogP contribution in [0.5, 0.6) is 0 Å². The van der Waals surface area contributed by atoms with E-state index in [4.69, 9.17) is 4.98 Å². The molecule has 3 aromatic rings. The van der Waals surface area contributed by atoms with Gasteiger partial charge >= 0.3 is 0 Å². The van der Waals surface area contributed by atoms with Crippen LogP contribution in [0.25, 0.3) is 11.0 Å². The Hall–Kier alpha value is -1.59. The lowest BCUT2D eigenvalue weighted by molar-refractivity contribution is 0.102. The fraction of sp³-hybridized carbons (Fsp3) is 0.263. The van der Waals surface area contributed by atoms with Crippen LogP contribution in [0.3, 0.4) is 0 Å². The molecule has 0 aliphatic carbocycles. The van der Waals surface area contributed by atoms with E-state index >= 15 is 0 Å². The summed E-state index contributed by atoms with van der Waals surface area (Å²) in [6, 6.07) is 17.6. The zero-order valence-electron chi connectivity index (χ0n) is 13.6.